The first-order valence-corrected chi connectivity index (χ1v) is 11.7. The molecule has 0 bridgehead atoms. The van der Waals surface area contributed by atoms with Gasteiger partial charge in [0, 0.05) is 23.5 Å². The molecule has 0 saturated carbocycles. The highest BCUT2D eigenvalue weighted by Crippen LogP contribution is 2.53. The van der Waals surface area contributed by atoms with Crippen molar-refractivity contribution in [3.63, 3.8) is 0 Å². The van der Waals surface area contributed by atoms with E-state index in [9.17, 15) is 34.5 Å². The number of aromatic hydroxyl groups is 1. The van der Waals surface area contributed by atoms with E-state index in [2.05, 4.69) is 0 Å². The number of phenolic OH excluding ortho intramolecular Hbond substituents is 1. The Morgan fingerprint density at radius 1 is 1.03 bits per heavy atom. The summed E-state index contributed by atoms with van der Waals surface area (Å²) in [6, 6.07) is 10.1. The molecule has 3 aliphatic carbocycles. The quantitative estimate of drug-likeness (QED) is 0.383. The van der Waals surface area contributed by atoms with Crippen LogP contribution in [0.4, 0.5) is 0 Å². The molecule has 0 aromatic heterocycles. The summed E-state index contributed by atoms with van der Waals surface area (Å²) >= 11 is 0. The summed E-state index contributed by atoms with van der Waals surface area (Å²) in [6.07, 6.45) is 0.384. The average molecular weight is 488 g/mol. The second kappa shape index (κ2) is 7.99. The summed E-state index contributed by atoms with van der Waals surface area (Å²) in [6.45, 7) is 2.98. The smallest absolute Gasteiger partial charge is 0.255 e. The van der Waals surface area contributed by atoms with E-state index in [0.29, 0.717) is 17.5 Å². The Labute approximate surface area is 206 Å². The van der Waals surface area contributed by atoms with Gasteiger partial charge in [-0.1, -0.05) is 30.3 Å². The van der Waals surface area contributed by atoms with Gasteiger partial charge in [-0.25, -0.2) is 0 Å². The molecule has 0 fully saturated rings. The molecule has 8 nitrogen and oxygen atoms in total. The molecule has 3 atom stereocenters. The Bertz CT molecular complexity index is 1450. The van der Waals surface area contributed by atoms with Crippen molar-refractivity contribution in [3.8, 4) is 16.9 Å². The van der Waals surface area contributed by atoms with Gasteiger partial charge < -0.3 is 21.1 Å². The van der Waals surface area contributed by atoms with E-state index in [1.807, 2.05) is 0 Å². The SMILES string of the molecule is CC(=O)c1ccc(-c2ccc(O)c3c2C[C@H]2C[C@H]4CC(=O)C(C(N)=O)=C(O)[C@@]4(O)C(C)=C2C3=O)cc1. The summed E-state index contributed by atoms with van der Waals surface area (Å²) in [5.41, 5.74) is 5.80. The lowest BCUT2D eigenvalue weighted by Gasteiger charge is -2.47. The first-order valence-electron chi connectivity index (χ1n) is 11.7. The Balaban J connectivity index is 1.68. The van der Waals surface area contributed by atoms with Gasteiger partial charge in [-0.2, -0.15) is 0 Å². The molecule has 0 saturated heterocycles. The third-order valence-corrected chi connectivity index (χ3v) is 7.91. The van der Waals surface area contributed by atoms with Crippen LogP contribution in [0.2, 0.25) is 0 Å². The fourth-order valence-electron chi connectivity index (χ4n) is 6.13. The number of fused-ring (bicyclic) bond motifs is 3. The second-order valence-electron chi connectivity index (χ2n) is 9.80. The van der Waals surface area contributed by atoms with Crippen molar-refractivity contribution in [2.75, 3.05) is 0 Å². The zero-order valence-electron chi connectivity index (χ0n) is 19.8. The van der Waals surface area contributed by atoms with Gasteiger partial charge in [-0.3, -0.25) is 19.2 Å². The fourth-order valence-corrected chi connectivity index (χ4v) is 6.13. The molecule has 3 aliphatic rings. The van der Waals surface area contributed by atoms with Crippen LogP contribution >= 0.6 is 0 Å². The molecule has 184 valence electrons. The van der Waals surface area contributed by atoms with Crippen LogP contribution in [0, 0.1) is 11.8 Å². The maximum absolute atomic E-state index is 13.8. The highest BCUT2D eigenvalue weighted by Gasteiger charge is 2.56. The lowest BCUT2D eigenvalue weighted by Crippen LogP contribution is -2.53. The molecule has 5 N–H and O–H groups in total. The Morgan fingerprint density at radius 2 is 1.69 bits per heavy atom. The minimum Gasteiger partial charge on any atom is -0.508 e. The van der Waals surface area contributed by atoms with Crippen LogP contribution < -0.4 is 5.73 Å². The number of carbonyl (C=O) groups is 4. The zero-order valence-corrected chi connectivity index (χ0v) is 19.8. The standard InChI is InChI=1S/C28H25NO7/c1-12-22-16(9-17-11-21(32)24(27(29)35)26(34)28(12,17)36)10-19-18(7-8-20(31)23(19)25(22)33)15-5-3-14(4-6-15)13(2)30/h3-8,16-17,31,34,36H,9-11H2,1-2H3,(H2,29,35)/t16-,17+,28-/m1/s1. The maximum Gasteiger partial charge on any atom is 0.255 e. The molecule has 0 heterocycles. The number of hydrogen-bond acceptors (Lipinski definition) is 7. The van der Waals surface area contributed by atoms with Gasteiger partial charge in [0.2, 0.25) is 0 Å². The maximum atomic E-state index is 13.8. The van der Waals surface area contributed by atoms with E-state index in [4.69, 9.17) is 5.73 Å². The Hall–Kier alpha value is -4.04. The van der Waals surface area contributed by atoms with Gasteiger partial charge >= 0.3 is 0 Å². The molecule has 0 spiro atoms. The van der Waals surface area contributed by atoms with Crippen molar-refractivity contribution in [1.82, 2.24) is 0 Å². The molecule has 0 radical (unpaired) electrons. The number of primary amides is 1. The molecular weight excluding hydrogens is 462 g/mol. The minimum absolute atomic E-state index is 0.0665. The zero-order chi connectivity index (χ0) is 26.1. The molecule has 0 aliphatic heterocycles. The van der Waals surface area contributed by atoms with Crippen molar-refractivity contribution in [1.29, 1.82) is 0 Å². The van der Waals surface area contributed by atoms with Gasteiger partial charge in [0.25, 0.3) is 5.91 Å². The van der Waals surface area contributed by atoms with Crippen molar-refractivity contribution in [2.45, 2.75) is 38.7 Å². The van der Waals surface area contributed by atoms with Crippen LogP contribution in [0.3, 0.4) is 0 Å². The minimum atomic E-state index is -2.08. The van der Waals surface area contributed by atoms with Gasteiger partial charge in [0.15, 0.2) is 17.3 Å². The third kappa shape index (κ3) is 3.18. The van der Waals surface area contributed by atoms with E-state index in [1.165, 1.54) is 19.9 Å². The lowest BCUT2D eigenvalue weighted by atomic mass is 9.58. The summed E-state index contributed by atoms with van der Waals surface area (Å²) in [4.78, 5) is 49.8. The predicted molar refractivity (Wildman–Crippen MR) is 129 cm³/mol. The van der Waals surface area contributed by atoms with E-state index >= 15 is 0 Å². The van der Waals surface area contributed by atoms with E-state index in [1.54, 1.807) is 30.3 Å². The molecule has 5 rings (SSSR count). The highest BCUT2D eigenvalue weighted by atomic mass is 16.3. The topological polar surface area (TPSA) is 155 Å². The second-order valence-corrected chi connectivity index (χ2v) is 9.80. The van der Waals surface area contributed by atoms with Gasteiger partial charge in [-0.15, -0.1) is 0 Å². The van der Waals surface area contributed by atoms with Crippen molar-refractivity contribution < 1.29 is 34.5 Å². The van der Waals surface area contributed by atoms with E-state index in [-0.39, 0.29) is 47.0 Å². The number of rotatable bonds is 3. The molecule has 36 heavy (non-hydrogen) atoms. The molecule has 1 amide bonds. The normalized spacial score (nSPS) is 25.3. The molecule has 0 unspecified atom stereocenters. The number of aliphatic hydroxyl groups is 2. The van der Waals surface area contributed by atoms with Crippen LogP contribution in [-0.4, -0.2) is 44.2 Å². The van der Waals surface area contributed by atoms with Gasteiger partial charge in [0.1, 0.15) is 22.7 Å². The number of hydrogen-bond donors (Lipinski definition) is 4. The van der Waals surface area contributed by atoms with Crippen LogP contribution in [0.1, 0.15) is 53.0 Å². The number of ketones is 3. The summed E-state index contributed by atoms with van der Waals surface area (Å²) < 4.78 is 0. The lowest BCUT2D eigenvalue weighted by molar-refractivity contribution is -0.126. The van der Waals surface area contributed by atoms with Crippen LogP contribution in [-0.2, 0) is 16.0 Å². The number of benzene rings is 2. The Kier molecular flexibility index (Phi) is 5.26. The predicted octanol–water partition coefficient (Wildman–Crippen LogP) is 2.95. The largest absolute Gasteiger partial charge is 0.508 e. The van der Waals surface area contributed by atoms with Gasteiger partial charge in [0.05, 0.1) is 5.56 Å². The number of Topliss-reactive ketones (excluding diaryl/α,β-unsaturated/α-hetero) is 3. The number of aliphatic hydroxyl groups excluding tert-OH is 1. The average Bonchev–Trinajstić information content (AvgIpc) is 2.81. The number of carbonyl (C=O) groups excluding carboxylic acids is 4. The van der Waals surface area contributed by atoms with E-state index < -0.39 is 40.3 Å². The van der Waals surface area contributed by atoms with Crippen molar-refractivity contribution >= 4 is 23.3 Å². The van der Waals surface area contributed by atoms with E-state index in [0.717, 1.165) is 11.1 Å². The van der Waals surface area contributed by atoms with Crippen molar-refractivity contribution in [3.05, 3.63) is 75.6 Å². The van der Waals surface area contributed by atoms with Crippen LogP contribution in [0.25, 0.3) is 11.1 Å². The Morgan fingerprint density at radius 3 is 2.31 bits per heavy atom. The first kappa shape index (κ1) is 23.7. The number of amides is 1. The molecular formula is C28H25NO7. The van der Waals surface area contributed by atoms with Crippen molar-refractivity contribution in [2.24, 2.45) is 17.6 Å². The van der Waals surface area contributed by atoms with Crippen LogP contribution in [0.5, 0.6) is 5.75 Å². The monoisotopic (exact) mass is 487 g/mol. The summed E-state index contributed by atoms with van der Waals surface area (Å²) in [7, 11) is 0. The van der Waals surface area contributed by atoms with Crippen LogP contribution in [0.15, 0.2) is 58.9 Å². The molecule has 8 heteroatoms. The van der Waals surface area contributed by atoms with Gasteiger partial charge in [-0.05, 0) is 60.9 Å². The fraction of sp³-hybridized carbons (Fsp3) is 0.286. The summed E-state index contributed by atoms with van der Waals surface area (Å²) in [5.74, 6) is -4.46. The number of phenols is 1. The molecule has 2 aromatic carbocycles. The first-order chi connectivity index (χ1) is 17.0. The molecule has 2 aromatic rings. The highest BCUT2D eigenvalue weighted by molar-refractivity contribution is 6.20. The number of nitrogens with two attached hydrogens (primary N) is 1. The summed E-state index contributed by atoms with van der Waals surface area (Å²) in [5, 5.41) is 33.1. The number of allylic oxidation sites excluding steroid dienone is 1. The third-order valence-electron chi connectivity index (χ3n) is 7.91.